The van der Waals surface area contributed by atoms with Crippen LogP contribution in [0.25, 0.3) is 11.3 Å². The van der Waals surface area contributed by atoms with Crippen LogP contribution >= 0.6 is 0 Å². The van der Waals surface area contributed by atoms with Gasteiger partial charge in [0.1, 0.15) is 12.4 Å². The van der Waals surface area contributed by atoms with Crippen molar-refractivity contribution in [3.8, 4) is 11.3 Å². The molecule has 3 aromatic rings. The minimum atomic E-state index is 0.105. The molecule has 1 amide bonds. The lowest BCUT2D eigenvalue weighted by molar-refractivity contribution is 0.0786. The van der Waals surface area contributed by atoms with Crippen LogP contribution in [0.5, 0.6) is 0 Å². The van der Waals surface area contributed by atoms with Gasteiger partial charge in [-0.1, -0.05) is 30.3 Å². The third-order valence-corrected chi connectivity index (χ3v) is 5.98. The lowest BCUT2D eigenvalue weighted by Gasteiger charge is -2.19. The number of benzene rings is 1. The molecule has 0 bridgehead atoms. The van der Waals surface area contributed by atoms with Crippen molar-refractivity contribution in [2.24, 2.45) is 7.05 Å². The topological polar surface area (TPSA) is 52.3 Å². The molecule has 6 heteroatoms. The summed E-state index contributed by atoms with van der Waals surface area (Å²) in [5.74, 6) is 1.03. The smallest absolute Gasteiger partial charge is 0.255 e. The molecule has 0 N–H and O–H groups in total. The minimum absolute atomic E-state index is 0.105. The van der Waals surface area contributed by atoms with Crippen LogP contribution < -0.4 is 0 Å². The third-order valence-electron chi connectivity index (χ3n) is 5.98. The Hall–Kier alpha value is -2.86. The highest BCUT2D eigenvalue weighted by atomic mass is 16.5. The van der Waals surface area contributed by atoms with Gasteiger partial charge in [0.25, 0.3) is 5.91 Å². The predicted octanol–water partition coefficient (Wildman–Crippen LogP) is 3.74. The van der Waals surface area contributed by atoms with Gasteiger partial charge in [0.15, 0.2) is 0 Å². The first-order valence-corrected chi connectivity index (χ1v) is 10.0. The van der Waals surface area contributed by atoms with Gasteiger partial charge in [-0.15, -0.1) is 0 Å². The number of amides is 1. The van der Waals surface area contributed by atoms with Crippen LogP contribution in [0.2, 0.25) is 0 Å². The molecule has 0 spiro atoms. The van der Waals surface area contributed by atoms with E-state index in [1.807, 2.05) is 49.3 Å². The van der Waals surface area contributed by atoms with Crippen molar-refractivity contribution < 1.29 is 9.53 Å². The summed E-state index contributed by atoms with van der Waals surface area (Å²) in [4.78, 5) is 19.8. The monoisotopic (exact) mass is 392 g/mol. The van der Waals surface area contributed by atoms with Crippen LogP contribution in [-0.2, 0) is 18.4 Å². The van der Waals surface area contributed by atoms with E-state index in [1.54, 1.807) is 7.11 Å². The molecule has 3 heterocycles. The minimum Gasteiger partial charge on any atom is -0.377 e. The Balaban J connectivity index is 1.57. The van der Waals surface area contributed by atoms with Crippen LogP contribution in [0.4, 0.5) is 0 Å². The number of ether oxygens (including phenoxy) is 1. The average Bonchev–Trinajstić information content (AvgIpc) is 3.42. The average molecular weight is 393 g/mol. The molecule has 0 saturated carbocycles. The largest absolute Gasteiger partial charge is 0.377 e. The Morgan fingerprint density at radius 2 is 2.00 bits per heavy atom. The number of aromatic nitrogens is 3. The molecular weight excluding hydrogens is 364 g/mol. The van der Waals surface area contributed by atoms with Gasteiger partial charge in [-0.05, 0) is 31.9 Å². The molecule has 152 valence electrons. The lowest BCUT2D eigenvalue weighted by Crippen LogP contribution is -2.29. The standard InChI is InChI=1S/C23H28N4O2/c1-16-13-24-22(15-29-4)27(16)19-10-11-26(14-19)23(28)20-12-21(25(3)17(20)2)18-8-6-5-7-9-18/h5-9,12-13,19H,10-11,14-15H2,1-4H3. The number of hydrogen-bond acceptors (Lipinski definition) is 3. The summed E-state index contributed by atoms with van der Waals surface area (Å²) < 4.78 is 9.62. The van der Waals surface area contributed by atoms with Crippen molar-refractivity contribution in [3.63, 3.8) is 0 Å². The number of carbonyl (C=O) groups is 1. The van der Waals surface area contributed by atoms with Crippen molar-refractivity contribution in [2.45, 2.75) is 32.9 Å². The summed E-state index contributed by atoms with van der Waals surface area (Å²) >= 11 is 0. The fourth-order valence-electron chi connectivity index (χ4n) is 4.34. The molecule has 4 rings (SSSR count). The number of rotatable bonds is 5. The zero-order valence-electron chi connectivity index (χ0n) is 17.6. The van der Waals surface area contributed by atoms with Gasteiger partial charge in [-0.2, -0.15) is 0 Å². The van der Waals surface area contributed by atoms with E-state index >= 15 is 0 Å². The third kappa shape index (κ3) is 3.49. The van der Waals surface area contributed by atoms with E-state index in [9.17, 15) is 4.79 Å². The van der Waals surface area contributed by atoms with Crippen LogP contribution in [0.15, 0.2) is 42.6 Å². The highest BCUT2D eigenvalue weighted by Crippen LogP contribution is 2.29. The molecule has 1 fully saturated rings. The normalized spacial score (nSPS) is 16.6. The highest BCUT2D eigenvalue weighted by Gasteiger charge is 2.31. The van der Waals surface area contributed by atoms with Gasteiger partial charge >= 0.3 is 0 Å². The first-order chi connectivity index (χ1) is 14.0. The molecule has 1 aliphatic rings. The summed E-state index contributed by atoms with van der Waals surface area (Å²) in [7, 11) is 3.70. The van der Waals surface area contributed by atoms with E-state index in [0.717, 1.165) is 47.0 Å². The maximum absolute atomic E-state index is 13.3. The van der Waals surface area contributed by atoms with Crippen LogP contribution in [0.1, 0.15) is 40.0 Å². The molecule has 1 aliphatic heterocycles. The molecule has 0 aliphatic carbocycles. The summed E-state index contributed by atoms with van der Waals surface area (Å²) in [5, 5.41) is 0. The Morgan fingerprint density at radius 1 is 1.24 bits per heavy atom. The van der Waals surface area contributed by atoms with Crippen LogP contribution in [-0.4, -0.2) is 45.1 Å². The Labute approximate surface area is 171 Å². The maximum Gasteiger partial charge on any atom is 0.255 e. The van der Waals surface area contributed by atoms with Gasteiger partial charge in [0, 0.05) is 50.5 Å². The van der Waals surface area contributed by atoms with Gasteiger partial charge < -0.3 is 18.8 Å². The first-order valence-electron chi connectivity index (χ1n) is 10.0. The number of aryl methyl sites for hydroxylation is 1. The van der Waals surface area contributed by atoms with E-state index in [0.29, 0.717) is 13.2 Å². The fourth-order valence-corrected chi connectivity index (χ4v) is 4.34. The van der Waals surface area contributed by atoms with E-state index < -0.39 is 0 Å². The van der Waals surface area contributed by atoms with Gasteiger partial charge in [0.05, 0.1) is 11.6 Å². The van der Waals surface area contributed by atoms with E-state index in [4.69, 9.17) is 4.74 Å². The van der Waals surface area contributed by atoms with Crippen molar-refractivity contribution in [1.82, 2.24) is 19.0 Å². The lowest BCUT2D eigenvalue weighted by atomic mass is 10.1. The fraction of sp³-hybridized carbons (Fsp3) is 0.391. The first kappa shape index (κ1) is 19.5. The molecule has 0 radical (unpaired) electrons. The second-order valence-corrected chi connectivity index (χ2v) is 7.77. The zero-order valence-corrected chi connectivity index (χ0v) is 17.6. The van der Waals surface area contributed by atoms with Gasteiger partial charge in [-0.3, -0.25) is 4.79 Å². The van der Waals surface area contributed by atoms with Crippen molar-refractivity contribution in [2.75, 3.05) is 20.2 Å². The molecular formula is C23H28N4O2. The van der Waals surface area contributed by atoms with Crippen LogP contribution in [0.3, 0.4) is 0 Å². The Kier molecular flexibility index (Phi) is 5.28. The quantitative estimate of drug-likeness (QED) is 0.665. The molecule has 6 nitrogen and oxygen atoms in total. The second-order valence-electron chi connectivity index (χ2n) is 7.77. The molecule has 1 aromatic carbocycles. The molecule has 1 unspecified atom stereocenters. The van der Waals surface area contributed by atoms with Gasteiger partial charge in [0.2, 0.25) is 0 Å². The Morgan fingerprint density at radius 3 is 2.72 bits per heavy atom. The SMILES string of the molecule is COCc1ncc(C)n1C1CCN(C(=O)c2cc(-c3ccccc3)n(C)c2C)C1. The van der Waals surface area contributed by atoms with E-state index in [1.165, 1.54) is 0 Å². The summed E-state index contributed by atoms with van der Waals surface area (Å²) in [6.07, 6.45) is 2.81. The molecule has 2 aromatic heterocycles. The van der Waals surface area contributed by atoms with Crippen molar-refractivity contribution in [1.29, 1.82) is 0 Å². The molecule has 1 saturated heterocycles. The molecule has 29 heavy (non-hydrogen) atoms. The summed E-state index contributed by atoms with van der Waals surface area (Å²) in [6, 6.07) is 12.5. The van der Waals surface area contributed by atoms with Crippen LogP contribution in [0, 0.1) is 13.8 Å². The summed E-state index contributed by atoms with van der Waals surface area (Å²) in [6.45, 7) is 6.01. The number of nitrogens with zero attached hydrogens (tertiary/aromatic N) is 4. The van der Waals surface area contributed by atoms with Crippen molar-refractivity contribution >= 4 is 5.91 Å². The summed E-state index contributed by atoms with van der Waals surface area (Å²) in [5.41, 5.74) is 5.07. The Bertz CT molecular complexity index is 1020. The maximum atomic E-state index is 13.3. The number of methoxy groups -OCH3 is 1. The van der Waals surface area contributed by atoms with E-state index in [-0.39, 0.29) is 11.9 Å². The second kappa shape index (κ2) is 7.87. The van der Waals surface area contributed by atoms with Gasteiger partial charge in [-0.25, -0.2) is 4.98 Å². The van der Waals surface area contributed by atoms with Crippen molar-refractivity contribution in [3.05, 3.63) is 65.4 Å². The van der Waals surface area contributed by atoms with E-state index in [2.05, 4.69) is 33.2 Å². The zero-order chi connectivity index (χ0) is 20.5. The highest BCUT2D eigenvalue weighted by molar-refractivity contribution is 5.97. The number of likely N-dealkylation sites (tertiary alicyclic amines) is 1. The predicted molar refractivity (Wildman–Crippen MR) is 113 cm³/mol. The number of imidazole rings is 1. The number of hydrogen-bond donors (Lipinski definition) is 0. The molecule has 1 atom stereocenters. The number of carbonyl (C=O) groups excluding carboxylic acids is 1.